The van der Waals surface area contributed by atoms with Gasteiger partial charge in [-0.1, -0.05) is 17.7 Å². The summed E-state index contributed by atoms with van der Waals surface area (Å²) in [5, 5.41) is 2.14. The van der Waals surface area contributed by atoms with Crippen molar-refractivity contribution in [2.45, 2.75) is 38.1 Å². The number of allylic oxidation sites excluding steroid dienone is 1. The molecular formula is C12H17NS. The van der Waals surface area contributed by atoms with Gasteiger partial charge in [0.25, 0.3) is 0 Å². The van der Waals surface area contributed by atoms with E-state index in [1.54, 1.807) is 5.57 Å². The summed E-state index contributed by atoms with van der Waals surface area (Å²) >= 11 is 1.84. The van der Waals surface area contributed by atoms with E-state index in [4.69, 9.17) is 5.73 Å². The van der Waals surface area contributed by atoms with Crippen LogP contribution in [0.5, 0.6) is 0 Å². The average Bonchev–Trinajstić information content (AvgIpc) is 2.67. The Labute approximate surface area is 89.6 Å². The molecule has 0 amide bonds. The van der Waals surface area contributed by atoms with Crippen molar-refractivity contribution in [3.63, 3.8) is 0 Å². The molecule has 0 spiro atoms. The van der Waals surface area contributed by atoms with Crippen LogP contribution >= 0.6 is 11.3 Å². The van der Waals surface area contributed by atoms with Crippen LogP contribution in [-0.4, -0.2) is 6.04 Å². The number of rotatable bonds is 2. The molecule has 1 saturated carbocycles. The Kier molecular flexibility index (Phi) is 3.38. The number of hydrogen-bond donors (Lipinski definition) is 1. The van der Waals surface area contributed by atoms with E-state index in [2.05, 4.69) is 23.6 Å². The molecule has 0 aromatic carbocycles. The monoisotopic (exact) mass is 207 g/mol. The van der Waals surface area contributed by atoms with E-state index in [9.17, 15) is 0 Å². The highest BCUT2D eigenvalue weighted by Crippen LogP contribution is 2.23. The quantitative estimate of drug-likeness (QED) is 0.741. The van der Waals surface area contributed by atoms with Gasteiger partial charge >= 0.3 is 0 Å². The highest BCUT2D eigenvalue weighted by atomic mass is 32.1. The van der Waals surface area contributed by atoms with Crippen LogP contribution in [-0.2, 0) is 6.42 Å². The Bertz CT molecular complexity index is 300. The molecule has 0 radical (unpaired) electrons. The fraction of sp³-hybridized carbons (Fsp3) is 0.500. The summed E-state index contributed by atoms with van der Waals surface area (Å²) in [7, 11) is 0. The second-order valence-corrected chi connectivity index (χ2v) is 5.03. The maximum Gasteiger partial charge on any atom is 0.00829 e. The van der Waals surface area contributed by atoms with Gasteiger partial charge in [0.05, 0.1) is 0 Å². The third-order valence-corrected chi connectivity index (χ3v) is 3.67. The molecule has 2 heteroatoms. The van der Waals surface area contributed by atoms with Crippen LogP contribution in [0.3, 0.4) is 0 Å². The van der Waals surface area contributed by atoms with Crippen LogP contribution in [0.1, 0.15) is 30.6 Å². The Balaban J connectivity index is 1.91. The number of nitrogens with two attached hydrogens (primary N) is 1. The molecule has 1 aliphatic rings. The van der Waals surface area contributed by atoms with Crippen molar-refractivity contribution in [3.8, 4) is 0 Å². The minimum Gasteiger partial charge on any atom is -0.327 e. The molecule has 0 saturated heterocycles. The molecule has 76 valence electrons. The molecule has 1 nitrogen and oxygen atoms in total. The van der Waals surface area contributed by atoms with Gasteiger partial charge < -0.3 is 5.73 Å². The highest BCUT2D eigenvalue weighted by Gasteiger charge is 2.12. The SMILES string of the molecule is NC1CCCC(=CCc2cccs2)C1. The van der Waals surface area contributed by atoms with Gasteiger partial charge in [-0.25, -0.2) is 0 Å². The first-order valence-corrected chi connectivity index (χ1v) is 6.18. The zero-order valence-electron chi connectivity index (χ0n) is 8.41. The molecule has 2 N–H and O–H groups in total. The third kappa shape index (κ3) is 2.69. The Morgan fingerprint density at radius 3 is 3.21 bits per heavy atom. The molecule has 1 atom stereocenters. The van der Waals surface area contributed by atoms with Crippen molar-refractivity contribution in [3.05, 3.63) is 34.0 Å². The van der Waals surface area contributed by atoms with Gasteiger partial charge in [0, 0.05) is 10.9 Å². The Morgan fingerprint density at radius 2 is 2.50 bits per heavy atom. The number of thiophene rings is 1. The second kappa shape index (κ2) is 4.76. The van der Waals surface area contributed by atoms with Crippen LogP contribution in [0.15, 0.2) is 29.2 Å². The normalized spacial score (nSPS) is 25.5. The van der Waals surface area contributed by atoms with Crippen molar-refractivity contribution >= 4 is 11.3 Å². The van der Waals surface area contributed by atoms with Gasteiger partial charge in [-0.3, -0.25) is 0 Å². The fourth-order valence-electron chi connectivity index (χ4n) is 1.99. The van der Waals surface area contributed by atoms with Crippen molar-refractivity contribution in [1.82, 2.24) is 0 Å². The summed E-state index contributed by atoms with van der Waals surface area (Å²) in [5.41, 5.74) is 7.50. The zero-order valence-corrected chi connectivity index (χ0v) is 9.22. The van der Waals surface area contributed by atoms with Gasteiger partial charge in [0.15, 0.2) is 0 Å². The Hall–Kier alpha value is -0.600. The van der Waals surface area contributed by atoms with Crippen molar-refractivity contribution in [2.75, 3.05) is 0 Å². The smallest absolute Gasteiger partial charge is 0.00829 e. The first-order chi connectivity index (χ1) is 6.84. The van der Waals surface area contributed by atoms with Crippen LogP contribution in [0.25, 0.3) is 0 Å². The molecular weight excluding hydrogens is 190 g/mol. The van der Waals surface area contributed by atoms with Gasteiger partial charge in [-0.2, -0.15) is 0 Å². The molecule has 1 heterocycles. The lowest BCUT2D eigenvalue weighted by molar-refractivity contribution is 0.516. The average molecular weight is 207 g/mol. The molecule has 14 heavy (non-hydrogen) atoms. The van der Waals surface area contributed by atoms with Crippen molar-refractivity contribution < 1.29 is 0 Å². The van der Waals surface area contributed by atoms with E-state index < -0.39 is 0 Å². The van der Waals surface area contributed by atoms with Crippen LogP contribution in [0, 0.1) is 0 Å². The maximum atomic E-state index is 5.94. The summed E-state index contributed by atoms with van der Waals surface area (Å²) < 4.78 is 0. The summed E-state index contributed by atoms with van der Waals surface area (Å²) in [6.07, 6.45) is 8.34. The second-order valence-electron chi connectivity index (χ2n) is 4.00. The van der Waals surface area contributed by atoms with Gasteiger partial charge in [-0.05, 0) is 43.6 Å². The summed E-state index contributed by atoms with van der Waals surface area (Å²) in [4.78, 5) is 1.46. The lowest BCUT2D eigenvalue weighted by atomic mass is 9.90. The lowest BCUT2D eigenvalue weighted by Crippen LogP contribution is -2.23. The predicted molar refractivity (Wildman–Crippen MR) is 62.5 cm³/mol. The minimum atomic E-state index is 0.415. The first kappa shape index (κ1) is 9.94. The standard InChI is InChI=1S/C12H17NS/c13-11-4-1-3-10(9-11)6-7-12-5-2-8-14-12/h2,5-6,8,11H,1,3-4,7,9,13H2. The highest BCUT2D eigenvalue weighted by molar-refractivity contribution is 7.09. The van der Waals surface area contributed by atoms with Gasteiger partial charge in [0.1, 0.15) is 0 Å². The van der Waals surface area contributed by atoms with E-state index in [-0.39, 0.29) is 0 Å². The molecule has 1 aromatic rings. The molecule has 1 fully saturated rings. The van der Waals surface area contributed by atoms with Crippen LogP contribution in [0.4, 0.5) is 0 Å². The van der Waals surface area contributed by atoms with E-state index >= 15 is 0 Å². The molecule has 1 unspecified atom stereocenters. The summed E-state index contributed by atoms with van der Waals surface area (Å²) in [6, 6.07) is 4.73. The summed E-state index contributed by atoms with van der Waals surface area (Å²) in [5.74, 6) is 0. The van der Waals surface area contributed by atoms with Crippen molar-refractivity contribution in [1.29, 1.82) is 0 Å². The Morgan fingerprint density at radius 1 is 1.57 bits per heavy atom. The van der Waals surface area contributed by atoms with E-state index in [0.29, 0.717) is 6.04 Å². The molecule has 1 aromatic heterocycles. The number of hydrogen-bond acceptors (Lipinski definition) is 2. The van der Waals surface area contributed by atoms with Gasteiger partial charge in [-0.15, -0.1) is 11.3 Å². The largest absolute Gasteiger partial charge is 0.327 e. The molecule has 1 aliphatic carbocycles. The minimum absolute atomic E-state index is 0.415. The lowest BCUT2D eigenvalue weighted by Gasteiger charge is -2.20. The third-order valence-electron chi connectivity index (χ3n) is 2.77. The zero-order chi connectivity index (χ0) is 9.80. The summed E-state index contributed by atoms with van der Waals surface area (Å²) in [6.45, 7) is 0. The van der Waals surface area contributed by atoms with Gasteiger partial charge in [0.2, 0.25) is 0 Å². The van der Waals surface area contributed by atoms with Crippen molar-refractivity contribution in [2.24, 2.45) is 5.73 Å². The van der Waals surface area contributed by atoms with Crippen LogP contribution in [0.2, 0.25) is 0 Å². The molecule has 0 aliphatic heterocycles. The predicted octanol–water partition coefficient (Wildman–Crippen LogP) is 3.12. The van der Waals surface area contributed by atoms with E-state index in [1.807, 2.05) is 11.3 Å². The van der Waals surface area contributed by atoms with E-state index in [0.717, 1.165) is 12.8 Å². The van der Waals surface area contributed by atoms with E-state index in [1.165, 1.54) is 24.1 Å². The van der Waals surface area contributed by atoms with Crippen LogP contribution < -0.4 is 5.73 Å². The fourth-order valence-corrected chi connectivity index (χ4v) is 2.66. The topological polar surface area (TPSA) is 26.0 Å². The maximum absolute atomic E-state index is 5.94. The first-order valence-electron chi connectivity index (χ1n) is 5.30. The molecule has 0 bridgehead atoms. The molecule has 2 rings (SSSR count).